The predicted octanol–water partition coefficient (Wildman–Crippen LogP) is 5.02. The summed E-state index contributed by atoms with van der Waals surface area (Å²) >= 11 is 12.1. The van der Waals surface area contributed by atoms with Crippen LogP contribution in [0.1, 0.15) is 5.56 Å². The van der Waals surface area contributed by atoms with Crippen molar-refractivity contribution in [3.63, 3.8) is 0 Å². The molecule has 0 radical (unpaired) electrons. The molecule has 14 heteroatoms. The van der Waals surface area contributed by atoms with E-state index in [2.05, 4.69) is 19.8 Å². The van der Waals surface area contributed by atoms with Gasteiger partial charge in [-0.3, -0.25) is 4.90 Å². The highest BCUT2D eigenvalue weighted by molar-refractivity contribution is 6.32. The lowest BCUT2D eigenvalue weighted by molar-refractivity contribution is -0.153. The third-order valence-electron chi connectivity index (χ3n) is 5.51. The lowest BCUT2D eigenvalue weighted by Gasteiger charge is -2.39. The first-order valence-corrected chi connectivity index (χ1v) is 11.7. The molecule has 1 atom stereocenters. The molecule has 1 aliphatic rings. The molecule has 37 heavy (non-hydrogen) atoms. The molecule has 0 bridgehead atoms. The number of amides is 1. The maximum absolute atomic E-state index is 12.8. The van der Waals surface area contributed by atoms with E-state index in [-0.39, 0.29) is 65.7 Å². The molecule has 1 fully saturated rings. The summed E-state index contributed by atoms with van der Waals surface area (Å²) in [5, 5.41) is -0.296. The standard InChI is InChI=1S/C23H19Cl2F3N6O3/c1-29-9-15-11-33(7-8-34(15)22(35)36-12-14-5-3-2-4-6-14)20-16-10-30-19(24)18(37-13-23(26,27)28)17(16)31-21(25)32-20/h2-6,10,15H,7-9,11-13H2/t15-/m0/s1. The Morgan fingerprint density at radius 1 is 1.19 bits per heavy atom. The second kappa shape index (κ2) is 11.2. The van der Waals surface area contributed by atoms with E-state index in [1.807, 2.05) is 30.3 Å². The minimum absolute atomic E-state index is 0.00227. The number of carbonyl (C=O) groups is 1. The van der Waals surface area contributed by atoms with E-state index in [1.165, 1.54) is 11.1 Å². The molecule has 3 heterocycles. The fourth-order valence-corrected chi connectivity index (χ4v) is 4.23. The average molecular weight is 555 g/mol. The number of benzene rings is 1. The molecular weight excluding hydrogens is 536 g/mol. The molecular formula is C23H19Cl2F3N6O3. The quantitative estimate of drug-likeness (QED) is 0.240. The average Bonchev–Trinajstić information content (AvgIpc) is 2.86. The fraction of sp³-hybridized carbons (Fsp3) is 0.348. The minimum atomic E-state index is -4.61. The molecule has 4 rings (SSSR count). The lowest BCUT2D eigenvalue weighted by Crippen LogP contribution is -2.56. The number of anilines is 1. The molecule has 9 nitrogen and oxygen atoms in total. The van der Waals surface area contributed by atoms with Gasteiger partial charge in [-0.2, -0.15) is 18.2 Å². The van der Waals surface area contributed by atoms with Crippen LogP contribution in [0.5, 0.6) is 5.75 Å². The molecule has 0 saturated carbocycles. The first kappa shape index (κ1) is 26.5. The van der Waals surface area contributed by atoms with E-state index >= 15 is 0 Å². The van der Waals surface area contributed by atoms with E-state index in [0.717, 1.165) is 5.56 Å². The summed E-state index contributed by atoms with van der Waals surface area (Å²) in [7, 11) is 0. The summed E-state index contributed by atoms with van der Waals surface area (Å²) in [6.07, 6.45) is -3.85. The van der Waals surface area contributed by atoms with Gasteiger partial charge in [-0.1, -0.05) is 41.9 Å². The van der Waals surface area contributed by atoms with Crippen LogP contribution in [-0.4, -0.2) is 70.9 Å². The Morgan fingerprint density at radius 2 is 1.95 bits per heavy atom. The van der Waals surface area contributed by atoms with Crippen molar-refractivity contribution in [1.29, 1.82) is 0 Å². The molecule has 1 aromatic carbocycles. The smallest absolute Gasteiger partial charge is 0.422 e. The number of ether oxygens (including phenoxy) is 2. The van der Waals surface area contributed by atoms with Gasteiger partial charge in [0.25, 0.3) is 0 Å². The highest BCUT2D eigenvalue weighted by Crippen LogP contribution is 2.36. The van der Waals surface area contributed by atoms with Crippen LogP contribution in [0.25, 0.3) is 15.7 Å². The predicted molar refractivity (Wildman–Crippen MR) is 130 cm³/mol. The molecule has 1 aliphatic heterocycles. The number of aromatic nitrogens is 3. The Kier molecular flexibility index (Phi) is 8.04. The van der Waals surface area contributed by atoms with Crippen molar-refractivity contribution < 1.29 is 27.4 Å². The largest absolute Gasteiger partial charge is 0.479 e. The van der Waals surface area contributed by atoms with Gasteiger partial charge in [0.2, 0.25) is 11.8 Å². The van der Waals surface area contributed by atoms with Gasteiger partial charge in [-0.05, 0) is 17.2 Å². The normalized spacial score (nSPS) is 15.9. The summed E-state index contributed by atoms with van der Waals surface area (Å²) in [6.45, 7) is 6.49. The van der Waals surface area contributed by atoms with Crippen molar-refractivity contribution in [2.75, 3.05) is 37.7 Å². The van der Waals surface area contributed by atoms with Crippen LogP contribution in [0.2, 0.25) is 10.4 Å². The third-order valence-corrected chi connectivity index (χ3v) is 5.95. The number of carbonyl (C=O) groups excluding carboxylic acids is 1. The van der Waals surface area contributed by atoms with Gasteiger partial charge < -0.3 is 19.2 Å². The molecule has 2 aromatic heterocycles. The van der Waals surface area contributed by atoms with Crippen LogP contribution in [-0.2, 0) is 11.3 Å². The van der Waals surface area contributed by atoms with Gasteiger partial charge in [-0.15, -0.1) is 0 Å². The molecule has 194 valence electrons. The van der Waals surface area contributed by atoms with Crippen LogP contribution >= 0.6 is 23.2 Å². The van der Waals surface area contributed by atoms with Crippen molar-refractivity contribution in [2.45, 2.75) is 18.8 Å². The summed E-state index contributed by atoms with van der Waals surface area (Å²) in [5.74, 6) is -0.105. The zero-order valence-corrected chi connectivity index (χ0v) is 20.6. The number of hydrogen-bond acceptors (Lipinski definition) is 7. The van der Waals surface area contributed by atoms with E-state index in [9.17, 15) is 18.0 Å². The Morgan fingerprint density at radius 3 is 2.65 bits per heavy atom. The molecule has 0 aliphatic carbocycles. The van der Waals surface area contributed by atoms with Gasteiger partial charge in [-0.25, -0.2) is 21.3 Å². The zero-order valence-electron chi connectivity index (χ0n) is 19.1. The second-order valence-corrected chi connectivity index (χ2v) is 8.73. The number of piperazine rings is 1. The number of halogens is 5. The number of fused-ring (bicyclic) bond motifs is 1. The SMILES string of the molecule is [C-]#[N+]C[C@H]1CN(c2nc(Cl)nc3c(OCC(F)(F)F)c(Cl)ncc23)CCN1C(=O)OCc1ccccc1. The summed E-state index contributed by atoms with van der Waals surface area (Å²) in [5.41, 5.74) is 0.790. The second-order valence-electron chi connectivity index (χ2n) is 8.03. The van der Waals surface area contributed by atoms with Crippen LogP contribution in [0.4, 0.5) is 23.8 Å². The Balaban J connectivity index is 1.58. The number of alkyl halides is 3. The molecule has 0 unspecified atom stereocenters. The summed E-state index contributed by atoms with van der Waals surface area (Å²) in [6, 6.07) is 8.65. The van der Waals surface area contributed by atoms with Gasteiger partial charge >= 0.3 is 12.3 Å². The van der Waals surface area contributed by atoms with Crippen molar-refractivity contribution in [3.05, 3.63) is 63.9 Å². The Hall–Kier alpha value is -3.56. The third kappa shape index (κ3) is 6.42. The lowest BCUT2D eigenvalue weighted by atomic mass is 10.1. The van der Waals surface area contributed by atoms with E-state index in [4.69, 9.17) is 39.2 Å². The van der Waals surface area contributed by atoms with Crippen molar-refractivity contribution >= 4 is 46.0 Å². The van der Waals surface area contributed by atoms with E-state index in [1.54, 1.807) is 4.90 Å². The van der Waals surface area contributed by atoms with Crippen molar-refractivity contribution in [3.8, 4) is 5.75 Å². The van der Waals surface area contributed by atoms with Gasteiger partial charge in [0.15, 0.2) is 17.5 Å². The zero-order chi connectivity index (χ0) is 26.6. The molecule has 0 N–H and O–H groups in total. The first-order valence-electron chi connectivity index (χ1n) is 10.9. The monoisotopic (exact) mass is 554 g/mol. The van der Waals surface area contributed by atoms with E-state index in [0.29, 0.717) is 0 Å². The molecule has 0 spiro atoms. The fourth-order valence-electron chi connectivity index (χ4n) is 3.88. The maximum atomic E-state index is 12.8. The number of pyridine rings is 1. The highest BCUT2D eigenvalue weighted by atomic mass is 35.5. The van der Waals surface area contributed by atoms with Crippen LogP contribution < -0.4 is 9.64 Å². The number of rotatable bonds is 6. The van der Waals surface area contributed by atoms with Gasteiger partial charge in [0.1, 0.15) is 24.0 Å². The number of hydrogen-bond donors (Lipinski definition) is 0. The van der Waals surface area contributed by atoms with Crippen LogP contribution in [0, 0.1) is 6.57 Å². The van der Waals surface area contributed by atoms with Crippen LogP contribution in [0.15, 0.2) is 36.5 Å². The summed E-state index contributed by atoms with van der Waals surface area (Å²) in [4.78, 5) is 31.7. The van der Waals surface area contributed by atoms with Gasteiger partial charge in [0, 0.05) is 25.8 Å². The van der Waals surface area contributed by atoms with Crippen molar-refractivity contribution in [1.82, 2.24) is 19.9 Å². The highest BCUT2D eigenvalue weighted by Gasteiger charge is 2.35. The Labute approximate surface area is 219 Å². The topological polar surface area (TPSA) is 85.0 Å². The molecule has 1 amide bonds. The Bertz CT molecular complexity index is 1320. The summed E-state index contributed by atoms with van der Waals surface area (Å²) < 4.78 is 48.6. The molecule has 3 aromatic rings. The first-order chi connectivity index (χ1) is 17.7. The van der Waals surface area contributed by atoms with E-state index < -0.39 is 24.9 Å². The van der Waals surface area contributed by atoms with Crippen LogP contribution in [0.3, 0.4) is 0 Å². The maximum Gasteiger partial charge on any atom is 0.422 e. The van der Waals surface area contributed by atoms with Gasteiger partial charge in [0.05, 0.1) is 5.39 Å². The number of nitrogens with zero attached hydrogens (tertiary/aromatic N) is 6. The minimum Gasteiger partial charge on any atom is -0.479 e. The molecule has 1 saturated heterocycles. The van der Waals surface area contributed by atoms with Crippen molar-refractivity contribution in [2.24, 2.45) is 0 Å².